The summed E-state index contributed by atoms with van der Waals surface area (Å²) in [6, 6.07) is -0.370. The lowest BCUT2D eigenvalue weighted by Gasteiger charge is -2.38. The Morgan fingerprint density at radius 2 is 2.32 bits per heavy atom. The van der Waals surface area contributed by atoms with Gasteiger partial charge < -0.3 is 15.5 Å². The van der Waals surface area contributed by atoms with Gasteiger partial charge in [0.15, 0.2) is 0 Å². The molecule has 2 atom stereocenters. The van der Waals surface area contributed by atoms with E-state index in [4.69, 9.17) is 0 Å². The van der Waals surface area contributed by atoms with Crippen molar-refractivity contribution in [1.29, 1.82) is 0 Å². The zero-order valence-electron chi connectivity index (χ0n) is 11.7. The molecule has 2 N–H and O–H groups in total. The third kappa shape index (κ3) is 3.28. The summed E-state index contributed by atoms with van der Waals surface area (Å²) in [6.07, 6.45) is 7.34. The molecule has 106 valence electrons. The lowest BCUT2D eigenvalue weighted by molar-refractivity contribution is -0.129. The maximum absolute atomic E-state index is 12.3. The summed E-state index contributed by atoms with van der Waals surface area (Å²) in [5, 5.41) is 5.84. The number of urea groups is 1. The van der Waals surface area contributed by atoms with Crippen LogP contribution in [0.2, 0.25) is 0 Å². The molecule has 0 radical (unpaired) electrons. The zero-order chi connectivity index (χ0) is 13.8. The van der Waals surface area contributed by atoms with Crippen LogP contribution in [-0.2, 0) is 4.79 Å². The smallest absolute Gasteiger partial charge is 0.318 e. The molecule has 1 aliphatic carbocycles. The molecule has 0 unspecified atom stereocenters. The molecule has 0 bridgehead atoms. The molecule has 1 saturated heterocycles. The van der Waals surface area contributed by atoms with Gasteiger partial charge >= 0.3 is 6.03 Å². The van der Waals surface area contributed by atoms with E-state index in [1.807, 2.05) is 13.8 Å². The minimum Gasteiger partial charge on any atom is -0.353 e. The number of hydrogen-bond donors (Lipinski definition) is 2. The van der Waals surface area contributed by atoms with Gasteiger partial charge in [-0.15, -0.1) is 0 Å². The molecule has 0 aromatic heterocycles. The predicted octanol–water partition coefficient (Wildman–Crippen LogP) is 1.26. The second-order valence-corrected chi connectivity index (χ2v) is 5.59. The Labute approximate surface area is 114 Å². The minimum absolute atomic E-state index is 0.0458. The van der Waals surface area contributed by atoms with E-state index in [0.29, 0.717) is 13.1 Å². The average Bonchev–Trinajstić information content (AvgIpc) is 2.39. The molecule has 0 aromatic rings. The van der Waals surface area contributed by atoms with Crippen LogP contribution < -0.4 is 10.6 Å². The lowest BCUT2D eigenvalue weighted by Crippen LogP contribution is -2.61. The van der Waals surface area contributed by atoms with Gasteiger partial charge in [0.2, 0.25) is 5.91 Å². The summed E-state index contributed by atoms with van der Waals surface area (Å²) >= 11 is 0. The largest absolute Gasteiger partial charge is 0.353 e. The van der Waals surface area contributed by atoms with Crippen LogP contribution in [0, 0.1) is 5.92 Å². The molecule has 1 aliphatic heterocycles. The van der Waals surface area contributed by atoms with Crippen molar-refractivity contribution in [3.05, 3.63) is 12.2 Å². The fourth-order valence-corrected chi connectivity index (χ4v) is 2.75. The standard InChI is InChI=1S/C14H23N3O2/c1-10(2)12-13(18)15-8-9-17(12)14(19)16-11-6-4-3-5-7-11/h4,6,10-12H,3,5,7-9H2,1-2H3,(H,15,18)(H,16,19)/t11-,12+/m0/s1. The van der Waals surface area contributed by atoms with E-state index in [0.717, 1.165) is 19.3 Å². The third-order valence-corrected chi connectivity index (χ3v) is 3.71. The fraction of sp³-hybridized carbons (Fsp3) is 0.714. The first-order valence-electron chi connectivity index (χ1n) is 7.11. The first kappa shape index (κ1) is 13.9. The molecular formula is C14H23N3O2. The molecule has 19 heavy (non-hydrogen) atoms. The molecular weight excluding hydrogens is 242 g/mol. The monoisotopic (exact) mass is 265 g/mol. The van der Waals surface area contributed by atoms with Gasteiger partial charge in [0.25, 0.3) is 0 Å². The number of nitrogens with one attached hydrogen (secondary N) is 2. The normalized spacial score (nSPS) is 27.3. The third-order valence-electron chi connectivity index (χ3n) is 3.71. The molecule has 3 amide bonds. The van der Waals surface area contributed by atoms with Crippen molar-refractivity contribution in [2.75, 3.05) is 13.1 Å². The van der Waals surface area contributed by atoms with Crippen LogP contribution in [-0.4, -0.2) is 42.0 Å². The molecule has 0 spiro atoms. The van der Waals surface area contributed by atoms with Gasteiger partial charge in [-0.25, -0.2) is 4.79 Å². The van der Waals surface area contributed by atoms with Gasteiger partial charge in [0.05, 0.1) is 0 Å². The Kier molecular flexibility index (Phi) is 4.45. The van der Waals surface area contributed by atoms with Crippen LogP contribution in [0.4, 0.5) is 4.79 Å². The van der Waals surface area contributed by atoms with E-state index >= 15 is 0 Å². The van der Waals surface area contributed by atoms with Gasteiger partial charge in [-0.3, -0.25) is 4.79 Å². The highest BCUT2D eigenvalue weighted by atomic mass is 16.2. The summed E-state index contributed by atoms with van der Waals surface area (Å²) < 4.78 is 0. The summed E-state index contributed by atoms with van der Waals surface area (Å²) in [6.45, 7) is 5.06. The topological polar surface area (TPSA) is 61.4 Å². The predicted molar refractivity (Wildman–Crippen MR) is 73.7 cm³/mol. The van der Waals surface area contributed by atoms with E-state index in [2.05, 4.69) is 22.8 Å². The summed E-state index contributed by atoms with van der Waals surface area (Å²) in [4.78, 5) is 25.9. The summed E-state index contributed by atoms with van der Waals surface area (Å²) in [5.74, 6) is 0.0727. The molecule has 5 nitrogen and oxygen atoms in total. The molecule has 5 heteroatoms. The first-order chi connectivity index (χ1) is 9.09. The van der Waals surface area contributed by atoms with Crippen molar-refractivity contribution in [1.82, 2.24) is 15.5 Å². The van der Waals surface area contributed by atoms with Gasteiger partial charge in [-0.2, -0.15) is 0 Å². The van der Waals surface area contributed by atoms with Crippen molar-refractivity contribution in [3.63, 3.8) is 0 Å². The SMILES string of the molecule is CC(C)[C@@H]1C(=O)NCCN1C(=O)N[C@H]1C=CCCC1. The highest BCUT2D eigenvalue weighted by molar-refractivity contribution is 5.88. The molecule has 0 aromatic carbocycles. The lowest BCUT2D eigenvalue weighted by atomic mass is 9.99. The maximum atomic E-state index is 12.3. The number of hydrogen-bond acceptors (Lipinski definition) is 2. The number of piperazine rings is 1. The molecule has 2 rings (SSSR count). The van der Waals surface area contributed by atoms with Crippen molar-refractivity contribution < 1.29 is 9.59 Å². The van der Waals surface area contributed by atoms with Crippen molar-refractivity contribution in [2.45, 2.75) is 45.2 Å². The Hall–Kier alpha value is -1.52. The number of carbonyl (C=O) groups excluding carboxylic acids is 2. The van der Waals surface area contributed by atoms with E-state index in [1.54, 1.807) is 4.90 Å². The second-order valence-electron chi connectivity index (χ2n) is 5.59. The van der Waals surface area contributed by atoms with Crippen LogP contribution >= 0.6 is 0 Å². The second kappa shape index (κ2) is 6.08. The number of rotatable bonds is 2. The van der Waals surface area contributed by atoms with E-state index in [1.165, 1.54) is 0 Å². The zero-order valence-corrected chi connectivity index (χ0v) is 11.7. The molecule has 1 fully saturated rings. The van der Waals surface area contributed by atoms with E-state index in [9.17, 15) is 9.59 Å². The van der Waals surface area contributed by atoms with Crippen molar-refractivity contribution >= 4 is 11.9 Å². The summed E-state index contributed by atoms with van der Waals surface area (Å²) in [5.41, 5.74) is 0. The van der Waals surface area contributed by atoms with E-state index < -0.39 is 0 Å². The van der Waals surface area contributed by atoms with Gasteiger partial charge in [0, 0.05) is 19.1 Å². The molecule has 0 saturated carbocycles. The Bertz CT molecular complexity index is 379. The number of amides is 3. The van der Waals surface area contributed by atoms with Gasteiger partial charge in [-0.05, 0) is 25.2 Å². The fourth-order valence-electron chi connectivity index (χ4n) is 2.75. The van der Waals surface area contributed by atoms with Crippen molar-refractivity contribution in [2.24, 2.45) is 5.92 Å². The van der Waals surface area contributed by atoms with Crippen LogP contribution in [0.15, 0.2) is 12.2 Å². The quantitative estimate of drug-likeness (QED) is 0.738. The highest BCUT2D eigenvalue weighted by Gasteiger charge is 2.35. The Morgan fingerprint density at radius 3 is 2.95 bits per heavy atom. The average molecular weight is 265 g/mol. The minimum atomic E-state index is -0.360. The highest BCUT2D eigenvalue weighted by Crippen LogP contribution is 2.16. The number of allylic oxidation sites excluding steroid dienone is 1. The van der Waals surface area contributed by atoms with Gasteiger partial charge in [-0.1, -0.05) is 26.0 Å². The molecule has 2 aliphatic rings. The summed E-state index contributed by atoms with van der Waals surface area (Å²) in [7, 11) is 0. The number of carbonyl (C=O) groups is 2. The first-order valence-corrected chi connectivity index (χ1v) is 7.11. The Morgan fingerprint density at radius 1 is 1.53 bits per heavy atom. The van der Waals surface area contributed by atoms with Crippen LogP contribution in [0.5, 0.6) is 0 Å². The number of nitrogens with zero attached hydrogens (tertiary/aromatic N) is 1. The van der Waals surface area contributed by atoms with E-state index in [-0.39, 0.29) is 29.9 Å². The van der Waals surface area contributed by atoms with Crippen LogP contribution in [0.3, 0.4) is 0 Å². The Balaban J connectivity index is 2.01. The molecule has 1 heterocycles. The van der Waals surface area contributed by atoms with Crippen LogP contribution in [0.1, 0.15) is 33.1 Å². The maximum Gasteiger partial charge on any atom is 0.318 e. The van der Waals surface area contributed by atoms with Crippen molar-refractivity contribution in [3.8, 4) is 0 Å². The van der Waals surface area contributed by atoms with Crippen LogP contribution in [0.25, 0.3) is 0 Å². The van der Waals surface area contributed by atoms with Gasteiger partial charge in [0.1, 0.15) is 6.04 Å².